The minimum absolute atomic E-state index is 0.0133. The molecule has 0 spiro atoms. The van der Waals surface area contributed by atoms with Crippen LogP contribution in [0.2, 0.25) is 0 Å². The highest BCUT2D eigenvalue weighted by Gasteiger charge is 2.14. The maximum Gasteiger partial charge on any atom is 0.341 e. The van der Waals surface area contributed by atoms with Gasteiger partial charge in [-0.15, -0.1) is 12.6 Å². The molecule has 15 heavy (non-hydrogen) atoms. The fourth-order valence-corrected chi connectivity index (χ4v) is 1.52. The third-order valence-corrected chi connectivity index (χ3v) is 2.22. The number of fused-ring (bicyclic) bond motifs is 1. The molecule has 0 amide bonds. The zero-order valence-electron chi connectivity index (χ0n) is 7.45. The van der Waals surface area contributed by atoms with Crippen molar-refractivity contribution in [2.24, 2.45) is 0 Å². The molecule has 0 aliphatic carbocycles. The third-order valence-electron chi connectivity index (χ3n) is 1.90. The van der Waals surface area contributed by atoms with Crippen molar-refractivity contribution in [3.63, 3.8) is 0 Å². The highest BCUT2D eigenvalue weighted by molar-refractivity contribution is 7.80. The summed E-state index contributed by atoms with van der Waals surface area (Å²) < 4.78 is 1.30. The first-order chi connectivity index (χ1) is 7.13. The van der Waals surface area contributed by atoms with Gasteiger partial charge in [-0.2, -0.15) is 5.10 Å². The molecular formula is C8H7N3O3S. The SMILES string of the molecule is O=C(O)c1cnn2c(S)cc(CO)nc12. The van der Waals surface area contributed by atoms with Crippen LogP contribution in [0.25, 0.3) is 5.65 Å². The molecule has 2 rings (SSSR count). The predicted octanol–water partition coefficient (Wildman–Crippen LogP) is 0.209. The second kappa shape index (κ2) is 3.52. The Labute approximate surface area is 89.6 Å². The van der Waals surface area contributed by atoms with Crippen molar-refractivity contribution >= 4 is 24.2 Å². The van der Waals surface area contributed by atoms with Crippen LogP contribution in [0.4, 0.5) is 0 Å². The van der Waals surface area contributed by atoms with Gasteiger partial charge in [-0.25, -0.2) is 14.3 Å². The topological polar surface area (TPSA) is 87.7 Å². The summed E-state index contributed by atoms with van der Waals surface area (Å²) in [6, 6.07) is 1.52. The summed E-state index contributed by atoms with van der Waals surface area (Å²) in [7, 11) is 0. The van der Waals surface area contributed by atoms with Gasteiger partial charge in [-0.3, -0.25) is 0 Å². The van der Waals surface area contributed by atoms with Crippen LogP contribution in [0.5, 0.6) is 0 Å². The van der Waals surface area contributed by atoms with Gasteiger partial charge in [0.15, 0.2) is 5.65 Å². The molecule has 0 unspecified atom stereocenters. The Morgan fingerprint density at radius 2 is 2.33 bits per heavy atom. The van der Waals surface area contributed by atoms with Gasteiger partial charge in [0.1, 0.15) is 5.56 Å². The molecule has 0 fully saturated rings. The summed E-state index contributed by atoms with van der Waals surface area (Å²) in [4.78, 5) is 14.8. The maximum absolute atomic E-state index is 10.8. The summed E-state index contributed by atoms with van der Waals surface area (Å²) in [5, 5.41) is 22.0. The Morgan fingerprint density at radius 3 is 2.93 bits per heavy atom. The van der Waals surface area contributed by atoms with Crippen molar-refractivity contribution < 1.29 is 15.0 Å². The average molecular weight is 225 g/mol. The first kappa shape index (κ1) is 9.94. The number of carboxylic acid groups (broad SMARTS) is 1. The van der Waals surface area contributed by atoms with Crippen LogP contribution in [-0.2, 0) is 6.61 Å². The number of aliphatic hydroxyl groups is 1. The highest BCUT2D eigenvalue weighted by Crippen LogP contribution is 2.14. The molecule has 0 radical (unpaired) electrons. The highest BCUT2D eigenvalue weighted by atomic mass is 32.1. The van der Waals surface area contributed by atoms with Crippen LogP contribution >= 0.6 is 12.6 Å². The lowest BCUT2D eigenvalue weighted by Gasteiger charge is -2.01. The van der Waals surface area contributed by atoms with Crippen LogP contribution in [0.1, 0.15) is 16.1 Å². The van der Waals surface area contributed by atoms with Crippen LogP contribution in [0, 0.1) is 0 Å². The normalized spacial score (nSPS) is 10.8. The zero-order chi connectivity index (χ0) is 11.0. The average Bonchev–Trinajstić information content (AvgIpc) is 2.61. The number of nitrogens with zero attached hydrogens (tertiary/aromatic N) is 3. The van der Waals surface area contributed by atoms with Gasteiger partial charge in [-0.05, 0) is 6.07 Å². The van der Waals surface area contributed by atoms with E-state index in [2.05, 4.69) is 22.7 Å². The molecule has 78 valence electrons. The van der Waals surface area contributed by atoms with Gasteiger partial charge in [0.05, 0.1) is 23.5 Å². The van der Waals surface area contributed by atoms with E-state index in [0.717, 1.165) is 0 Å². The Kier molecular flexibility index (Phi) is 2.33. The van der Waals surface area contributed by atoms with E-state index in [1.807, 2.05) is 0 Å². The second-order valence-corrected chi connectivity index (χ2v) is 3.32. The van der Waals surface area contributed by atoms with Gasteiger partial charge in [0.25, 0.3) is 0 Å². The molecule has 6 nitrogen and oxygen atoms in total. The molecule has 2 aromatic heterocycles. The van der Waals surface area contributed by atoms with Crippen molar-refractivity contribution in [3.05, 3.63) is 23.5 Å². The summed E-state index contributed by atoms with van der Waals surface area (Å²) in [5.74, 6) is -1.11. The molecule has 0 saturated carbocycles. The molecule has 2 N–H and O–H groups in total. The van der Waals surface area contributed by atoms with Crippen molar-refractivity contribution in [2.75, 3.05) is 0 Å². The monoisotopic (exact) mass is 225 g/mol. The molecule has 0 bridgehead atoms. The van der Waals surface area contributed by atoms with Crippen molar-refractivity contribution in [1.82, 2.24) is 14.6 Å². The molecule has 0 aliphatic rings. The number of hydrogen-bond acceptors (Lipinski definition) is 5. The zero-order valence-corrected chi connectivity index (χ0v) is 8.35. The molecule has 7 heteroatoms. The Hall–Kier alpha value is -1.60. The standard InChI is InChI=1S/C8H7N3O3S/c12-3-4-1-6(15)11-7(10-4)5(2-9-11)8(13)14/h1-2,12,15H,3H2,(H,13,14). The van der Waals surface area contributed by atoms with E-state index in [9.17, 15) is 4.79 Å². The molecule has 2 heterocycles. The predicted molar refractivity (Wildman–Crippen MR) is 53.1 cm³/mol. The fraction of sp³-hybridized carbons (Fsp3) is 0.125. The molecule has 2 aromatic rings. The number of thiol groups is 1. The molecule has 0 aliphatic heterocycles. The van der Waals surface area contributed by atoms with Gasteiger partial charge >= 0.3 is 5.97 Å². The van der Waals surface area contributed by atoms with E-state index in [0.29, 0.717) is 10.7 Å². The van der Waals surface area contributed by atoms with Gasteiger partial charge < -0.3 is 10.2 Å². The number of carbonyl (C=O) groups is 1. The minimum Gasteiger partial charge on any atom is -0.477 e. The van der Waals surface area contributed by atoms with E-state index >= 15 is 0 Å². The second-order valence-electron chi connectivity index (χ2n) is 2.86. The van der Waals surface area contributed by atoms with Gasteiger partial charge in [0, 0.05) is 0 Å². The molecular weight excluding hydrogens is 218 g/mol. The van der Waals surface area contributed by atoms with E-state index in [1.165, 1.54) is 16.8 Å². The van der Waals surface area contributed by atoms with Crippen LogP contribution in [-0.4, -0.2) is 30.8 Å². The van der Waals surface area contributed by atoms with E-state index in [4.69, 9.17) is 10.2 Å². The fourth-order valence-electron chi connectivity index (χ4n) is 1.23. The van der Waals surface area contributed by atoms with E-state index in [1.54, 1.807) is 0 Å². The largest absolute Gasteiger partial charge is 0.477 e. The first-order valence-electron chi connectivity index (χ1n) is 4.04. The molecule has 0 atom stereocenters. The summed E-state index contributed by atoms with van der Waals surface area (Å²) in [5.41, 5.74) is 0.523. The maximum atomic E-state index is 10.8. The summed E-state index contributed by atoms with van der Waals surface area (Å²) in [6.07, 6.45) is 1.20. The lowest BCUT2D eigenvalue weighted by molar-refractivity contribution is 0.0698. The minimum atomic E-state index is -1.11. The van der Waals surface area contributed by atoms with E-state index in [-0.39, 0.29) is 17.8 Å². The Morgan fingerprint density at radius 1 is 1.60 bits per heavy atom. The summed E-state index contributed by atoms with van der Waals surface area (Å²) >= 11 is 4.11. The molecule has 0 aromatic carbocycles. The van der Waals surface area contributed by atoms with Crippen LogP contribution < -0.4 is 0 Å². The van der Waals surface area contributed by atoms with Crippen molar-refractivity contribution in [1.29, 1.82) is 0 Å². The van der Waals surface area contributed by atoms with Crippen molar-refractivity contribution in [3.8, 4) is 0 Å². The Balaban J connectivity index is 2.78. The number of aromatic nitrogens is 3. The van der Waals surface area contributed by atoms with E-state index < -0.39 is 5.97 Å². The number of carboxylic acids is 1. The third kappa shape index (κ3) is 1.55. The van der Waals surface area contributed by atoms with Crippen LogP contribution in [0.15, 0.2) is 17.3 Å². The number of aromatic carboxylic acids is 1. The summed E-state index contributed by atoms with van der Waals surface area (Å²) in [6.45, 7) is -0.270. The van der Waals surface area contributed by atoms with Crippen molar-refractivity contribution in [2.45, 2.75) is 11.6 Å². The lowest BCUT2D eigenvalue weighted by atomic mass is 10.3. The quantitative estimate of drug-likeness (QED) is 0.502. The molecule has 0 saturated heterocycles. The Bertz CT molecular complexity index is 537. The first-order valence-corrected chi connectivity index (χ1v) is 4.49. The number of hydrogen-bond donors (Lipinski definition) is 3. The van der Waals surface area contributed by atoms with Gasteiger partial charge in [-0.1, -0.05) is 0 Å². The number of rotatable bonds is 2. The van der Waals surface area contributed by atoms with Crippen LogP contribution in [0.3, 0.4) is 0 Å². The number of aliphatic hydroxyl groups excluding tert-OH is 1. The smallest absolute Gasteiger partial charge is 0.341 e. The lowest BCUT2D eigenvalue weighted by Crippen LogP contribution is -2.01. The van der Waals surface area contributed by atoms with Gasteiger partial charge in [0.2, 0.25) is 0 Å².